The summed E-state index contributed by atoms with van der Waals surface area (Å²) in [6.07, 6.45) is 3.62. The second kappa shape index (κ2) is 8.75. The predicted molar refractivity (Wildman–Crippen MR) is 105 cm³/mol. The lowest BCUT2D eigenvalue weighted by Gasteiger charge is -2.08. The molecule has 0 aliphatic rings. The summed E-state index contributed by atoms with van der Waals surface area (Å²) in [5.74, 6) is -0.365. The zero-order valence-electron chi connectivity index (χ0n) is 15.0. The van der Waals surface area contributed by atoms with Crippen LogP contribution in [0, 0.1) is 11.3 Å². The maximum atomic E-state index is 10.8. The van der Waals surface area contributed by atoms with Crippen molar-refractivity contribution in [2.24, 2.45) is 5.73 Å². The Bertz CT molecular complexity index is 977. The van der Waals surface area contributed by atoms with Gasteiger partial charge in [-0.25, -0.2) is 4.98 Å². The highest BCUT2D eigenvalue weighted by Gasteiger charge is 2.12. The number of hydrogen-bond acceptors (Lipinski definition) is 6. The van der Waals surface area contributed by atoms with E-state index in [0.717, 1.165) is 22.4 Å². The molecule has 0 radical (unpaired) electrons. The van der Waals surface area contributed by atoms with Crippen LogP contribution in [-0.4, -0.2) is 27.1 Å². The molecule has 0 fully saturated rings. The Morgan fingerprint density at radius 3 is 2.32 bits per heavy atom. The Balaban J connectivity index is 1.60. The molecule has 0 saturated heterocycles. The first-order valence-corrected chi connectivity index (χ1v) is 8.68. The van der Waals surface area contributed by atoms with Gasteiger partial charge in [0.2, 0.25) is 0 Å². The van der Waals surface area contributed by atoms with Gasteiger partial charge in [0.15, 0.2) is 0 Å². The van der Waals surface area contributed by atoms with E-state index in [1.807, 2.05) is 36.4 Å². The highest BCUT2D eigenvalue weighted by atomic mass is 16.4. The van der Waals surface area contributed by atoms with Crippen LogP contribution in [0.4, 0.5) is 5.82 Å². The number of nitrogens with zero attached hydrogens (tertiary/aromatic N) is 3. The minimum Gasteiger partial charge on any atom is -0.480 e. The van der Waals surface area contributed by atoms with Crippen LogP contribution in [-0.2, 0) is 17.8 Å². The molecule has 1 heterocycles. The van der Waals surface area contributed by atoms with Crippen molar-refractivity contribution in [2.75, 3.05) is 5.32 Å². The van der Waals surface area contributed by atoms with Gasteiger partial charge in [-0.05, 0) is 29.7 Å². The molecule has 3 aromatic rings. The summed E-state index contributed by atoms with van der Waals surface area (Å²) in [6, 6.07) is 16.0. The first-order valence-electron chi connectivity index (χ1n) is 8.68. The number of aromatic nitrogens is 2. The van der Waals surface area contributed by atoms with E-state index in [0.29, 0.717) is 17.9 Å². The number of nitrogens with one attached hydrogen (secondary N) is 1. The molecule has 7 nitrogen and oxygen atoms in total. The molecule has 0 saturated carbocycles. The van der Waals surface area contributed by atoms with Gasteiger partial charge in [0.25, 0.3) is 0 Å². The summed E-state index contributed by atoms with van der Waals surface area (Å²) in [6.45, 7) is 0.582. The number of hydrogen-bond donors (Lipinski definition) is 3. The van der Waals surface area contributed by atoms with Crippen LogP contribution >= 0.6 is 0 Å². The zero-order chi connectivity index (χ0) is 19.9. The summed E-state index contributed by atoms with van der Waals surface area (Å²) in [4.78, 5) is 19.6. The van der Waals surface area contributed by atoms with Gasteiger partial charge < -0.3 is 16.2 Å². The molecule has 28 heavy (non-hydrogen) atoms. The number of aliphatic carboxylic acids is 1. The van der Waals surface area contributed by atoms with E-state index >= 15 is 0 Å². The smallest absolute Gasteiger partial charge is 0.320 e. The fraction of sp³-hybridized carbons (Fsp3) is 0.143. The van der Waals surface area contributed by atoms with Gasteiger partial charge in [-0.15, -0.1) is 0 Å². The third-order valence-electron chi connectivity index (χ3n) is 4.23. The Labute approximate surface area is 162 Å². The average molecular weight is 373 g/mol. The first-order chi connectivity index (χ1) is 13.5. The van der Waals surface area contributed by atoms with E-state index in [-0.39, 0.29) is 6.42 Å². The molecule has 0 unspecified atom stereocenters. The highest BCUT2D eigenvalue weighted by Crippen LogP contribution is 2.18. The summed E-state index contributed by atoms with van der Waals surface area (Å²) >= 11 is 0. The lowest BCUT2D eigenvalue weighted by molar-refractivity contribution is -0.138. The van der Waals surface area contributed by atoms with Gasteiger partial charge >= 0.3 is 5.97 Å². The Morgan fingerprint density at radius 2 is 1.75 bits per heavy atom. The van der Waals surface area contributed by atoms with Crippen LogP contribution in [0.1, 0.15) is 16.7 Å². The summed E-state index contributed by atoms with van der Waals surface area (Å²) < 4.78 is 0. The molecular formula is C21H19N5O2. The predicted octanol–water partition coefficient (Wildman–Crippen LogP) is 2.58. The van der Waals surface area contributed by atoms with Crippen molar-refractivity contribution in [3.8, 4) is 17.3 Å². The van der Waals surface area contributed by atoms with Gasteiger partial charge in [0, 0.05) is 12.1 Å². The number of carboxylic acid groups (broad SMARTS) is 1. The van der Waals surface area contributed by atoms with Gasteiger partial charge in [-0.2, -0.15) is 5.26 Å². The number of nitrogens with two attached hydrogens (primary N) is 1. The topological polar surface area (TPSA) is 125 Å². The largest absolute Gasteiger partial charge is 0.480 e. The number of nitriles is 1. The number of rotatable bonds is 7. The molecule has 1 atom stereocenters. The van der Waals surface area contributed by atoms with Crippen molar-refractivity contribution >= 4 is 11.8 Å². The van der Waals surface area contributed by atoms with E-state index in [1.54, 1.807) is 24.5 Å². The zero-order valence-corrected chi connectivity index (χ0v) is 15.0. The lowest BCUT2D eigenvalue weighted by Crippen LogP contribution is -2.32. The minimum absolute atomic E-state index is 0.277. The molecular weight excluding hydrogens is 354 g/mol. The van der Waals surface area contributed by atoms with Gasteiger partial charge in [0.05, 0.1) is 29.7 Å². The summed E-state index contributed by atoms with van der Waals surface area (Å²) in [5.41, 5.74) is 9.69. The number of anilines is 1. The summed E-state index contributed by atoms with van der Waals surface area (Å²) in [7, 11) is 0. The second-order valence-corrected chi connectivity index (χ2v) is 6.29. The molecule has 0 aliphatic carbocycles. The number of carboxylic acids is 1. The molecule has 0 amide bonds. The van der Waals surface area contributed by atoms with Crippen molar-refractivity contribution < 1.29 is 9.90 Å². The number of carbonyl (C=O) groups is 1. The van der Waals surface area contributed by atoms with Crippen molar-refractivity contribution in [1.82, 2.24) is 9.97 Å². The van der Waals surface area contributed by atoms with E-state index in [1.165, 1.54) is 0 Å². The van der Waals surface area contributed by atoms with Crippen LogP contribution in [0.2, 0.25) is 0 Å². The van der Waals surface area contributed by atoms with Gasteiger partial charge in [-0.3, -0.25) is 9.78 Å². The van der Waals surface area contributed by atoms with Gasteiger partial charge in [0.1, 0.15) is 11.9 Å². The SMILES string of the molecule is N#Cc1ccc(CNc2cnc(-c3ccc(C[C@H](N)C(=O)O)cc3)cn2)cc1. The monoisotopic (exact) mass is 373 g/mol. The van der Waals surface area contributed by atoms with Crippen LogP contribution in [0.25, 0.3) is 11.3 Å². The number of benzene rings is 2. The van der Waals surface area contributed by atoms with Crippen molar-refractivity contribution in [3.63, 3.8) is 0 Å². The van der Waals surface area contributed by atoms with Crippen molar-refractivity contribution in [1.29, 1.82) is 5.26 Å². The van der Waals surface area contributed by atoms with E-state index < -0.39 is 12.0 Å². The van der Waals surface area contributed by atoms with Crippen LogP contribution < -0.4 is 11.1 Å². The third kappa shape index (κ3) is 4.90. The van der Waals surface area contributed by atoms with Gasteiger partial charge in [-0.1, -0.05) is 36.4 Å². The van der Waals surface area contributed by atoms with E-state index in [2.05, 4.69) is 21.4 Å². The van der Waals surface area contributed by atoms with E-state index in [9.17, 15) is 4.79 Å². The summed E-state index contributed by atoms with van der Waals surface area (Å²) in [5, 5.41) is 20.9. The maximum absolute atomic E-state index is 10.8. The molecule has 0 bridgehead atoms. The molecule has 7 heteroatoms. The Kier molecular flexibility index (Phi) is 5.94. The Hall–Kier alpha value is -3.76. The molecule has 1 aromatic heterocycles. The maximum Gasteiger partial charge on any atom is 0.320 e. The standard InChI is InChI=1S/C21H19N5O2/c22-10-15-1-3-16(4-2-15)11-25-20-13-24-19(12-26-20)17-7-5-14(6-8-17)9-18(23)21(27)28/h1-8,12-13,18H,9,11,23H2,(H,25,26)(H,27,28)/t18-/m0/s1. The molecule has 4 N–H and O–H groups in total. The van der Waals surface area contributed by atoms with Crippen LogP contribution in [0.3, 0.4) is 0 Å². The minimum atomic E-state index is -1.01. The third-order valence-corrected chi connectivity index (χ3v) is 4.23. The molecule has 3 rings (SSSR count). The fourth-order valence-electron chi connectivity index (χ4n) is 2.61. The van der Waals surface area contributed by atoms with Crippen molar-refractivity contribution in [3.05, 3.63) is 77.6 Å². The molecule has 2 aromatic carbocycles. The highest BCUT2D eigenvalue weighted by molar-refractivity contribution is 5.73. The van der Waals surface area contributed by atoms with Crippen LogP contribution in [0.15, 0.2) is 60.9 Å². The van der Waals surface area contributed by atoms with Crippen LogP contribution in [0.5, 0.6) is 0 Å². The van der Waals surface area contributed by atoms with Crippen molar-refractivity contribution in [2.45, 2.75) is 19.0 Å². The molecule has 0 spiro atoms. The molecule has 140 valence electrons. The lowest BCUT2D eigenvalue weighted by atomic mass is 10.0. The second-order valence-electron chi connectivity index (χ2n) is 6.29. The first kappa shape index (κ1) is 19.0. The van der Waals surface area contributed by atoms with E-state index in [4.69, 9.17) is 16.1 Å². The Morgan fingerprint density at radius 1 is 1.07 bits per heavy atom. The normalized spacial score (nSPS) is 11.4. The molecule has 0 aliphatic heterocycles. The fourth-order valence-corrected chi connectivity index (χ4v) is 2.61. The quantitative estimate of drug-likeness (QED) is 0.581. The average Bonchev–Trinajstić information content (AvgIpc) is 2.73.